The number of pyridine rings is 1. The minimum Gasteiger partial charge on any atom is -0.478 e. The van der Waals surface area contributed by atoms with Gasteiger partial charge in [-0.1, -0.05) is 94.9 Å². The number of halogens is 4. The maximum atomic E-state index is 12.4. The first-order chi connectivity index (χ1) is 23.6. The Labute approximate surface area is 308 Å². The van der Waals surface area contributed by atoms with Crippen molar-refractivity contribution in [2.45, 2.75) is 6.42 Å². The van der Waals surface area contributed by atoms with Gasteiger partial charge in [-0.3, -0.25) is 4.79 Å². The predicted octanol–water partition coefficient (Wildman–Crippen LogP) is 9.76. The zero-order valence-corrected chi connectivity index (χ0v) is 29.4. The number of hydrogen-bond acceptors (Lipinski definition) is 10. The number of anilines is 1. The summed E-state index contributed by atoms with van der Waals surface area (Å²) in [7, 11) is 0. The van der Waals surface area contributed by atoms with Crippen molar-refractivity contribution in [3.63, 3.8) is 0 Å². The van der Waals surface area contributed by atoms with Gasteiger partial charge in [0.1, 0.15) is 39.2 Å². The van der Waals surface area contributed by atoms with Gasteiger partial charge < -0.3 is 10.8 Å². The molecule has 0 aliphatic carbocycles. The fourth-order valence-corrected chi connectivity index (χ4v) is 6.44. The number of nitrogen functional groups attached to an aromatic ring is 1. The number of carbonyl (C=O) groups is 2. The van der Waals surface area contributed by atoms with Gasteiger partial charge in [0.05, 0.1) is 36.6 Å². The number of rotatable bonds is 6. The number of nitrogens with zero attached hydrogens (tertiary/aromatic N) is 5. The second kappa shape index (κ2) is 17.5. The molecule has 0 amide bonds. The van der Waals surface area contributed by atoms with Crippen LogP contribution in [0.2, 0.25) is 20.2 Å². The molecule has 0 atom stereocenters. The van der Waals surface area contributed by atoms with Gasteiger partial charge in [-0.25, -0.2) is 9.78 Å². The number of hydrogen-bond donors (Lipinski definition) is 2. The molecule has 3 N–H and O–H groups in total. The monoisotopic (exact) mass is 764 g/mol. The molecule has 6 rings (SSSR count). The van der Waals surface area contributed by atoms with Crippen LogP contribution in [0.15, 0.2) is 91.1 Å². The molecule has 0 radical (unpaired) electrons. The average Bonchev–Trinajstić information content (AvgIpc) is 3.68. The highest BCUT2D eigenvalue weighted by molar-refractivity contribution is 7.10. The Hall–Kier alpha value is -4.85. The number of carbonyl (C=O) groups excluding carboxylic acids is 1. The maximum absolute atomic E-state index is 12.4. The summed E-state index contributed by atoms with van der Waals surface area (Å²) in [4.78, 5) is 27.3. The van der Waals surface area contributed by atoms with Gasteiger partial charge in [0.25, 0.3) is 0 Å². The Balaban J connectivity index is 0.000000184. The number of nitriles is 2. The molecule has 0 aliphatic rings. The molecule has 0 bridgehead atoms. The smallest absolute Gasteiger partial charge is 0.337 e. The molecule has 6 aromatic rings. The van der Waals surface area contributed by atoms with Gasteiger partial charge in [-0.15, -0.1) is 0 Å². The van der Waals surface area contributed by atoms with Crippen LogP contribution in [0, 0.1) is 22.7 Å². The molecule has 0 spiro atoms. The van der Waals surface area contributed by atoms with Crippen LogP contribution in [-0.2, 0) is 6.42 Å². The second-order valence-corrected chi connectivity index (χ2v) is 12.8. The van der Waals surface area contributed by atoms with Crippen LogP contribution in [0.5, 0.6) is 0 Å². The second-order valence-electron chi connectivity index (χ2n) is 9.51. The van der Waals surface area contributed by atoms with E-state index >= 15 is 0 Å². The van der Waals surface area contributed by atoms with Gasteiger partial charge in [0.2, 0.25) is 0 Å². The van der Waals surface area contributed by atoms with Crippen molar-refractivity contribution in [2.24, 2.45) is 0 Å². The van der Waals surface area contributed by atoms with Crippen LogP contribution >= 0.6 is 69.5 Å². The average molecular weight is 767 g/mol. The summed E-state index contributed by atoms with van der Waals surface area (Å²) in [5, 5.41) is 28.8. The third-order valence-corrected chi connectivity index (χ3v) is 9.26. The first-order valence-corrected chi connectivity index (χ1v) is 16.8. The molecule has 9 nitrogen and oxygen atoms in total. The fourth-order valence-electron chi connectivity index (χ4n) is 4.11. The van der Waals surface area contributed by atoms with E-state index in [1.807, 2.05) is 30.3 Å². The molecule has 3 heterocycles. The Morgan fingerprint density at radius 3 is 1.73 bits per heavy atom. The van der Waals surface area contributed by atoms with Gasteiger partial charge in [0.15, 0.2) is 5.78 Å². The highest BCUT2D eigenvalue weighted by atomic mass is 35.5. The highest BCUT2D eigenvalue weighted by Gasteiger charge is 2.21. The van der Waals surface area contributed by atoms with E-state index in [0.29, 0.717) is 53.6 Å². The largest absolute Gasteiger partial charge is 0.478 e. The SMILES string of the molecule is N#Cc1c(-c2ccccc2Cl)nsc1CC(=O)c1cccnc1Cl.N#Cc1c(-c2ccccc2Cl)nsc1N.O=C(O)c1ccccc1Cl. The summed E-state index contributed by atoms with van der Waals surface area (Å²) in [6.45, 7) is 0. The minimum absolute atomic E-state index is 0.0381. The number of nitrogens with two attached hydrogens (primary N) is 1. The molecule has 15 heteroatoms. The van der Waals surface area contributed by atoms with Gasteiger partial charge in [-0.2, -0.15) is 19.3 Å². The van der Waals surface area contributed by atoms with E-state index < -0.39 is 5.97 Å². The maximum Gasteiger partial charge on any atom is 0.337 e. The van der Waals surface area contributed by atoms with Crippen molar-refractivity contribution in [2.75, 3.05) is 5.73 Å². The molecule has 49 heavy (non-hydrogen) atoms. The Morgan fingerprint density at radius 1 is 0.714 bits per heavy atom. The van der Waals surface area contributed by atoms with Crippen LogP contribution in [0.4, 0.5) is 5.00 Å². The Bertz CT molecular complexity index is 2230. The third-order valence-electron chi connectivity index (χ3n) is 6.45. The lowest BCUT2D eigenvalue weighted by Gasteiger charge is -2.02. The molecule has 0 saturated heterocycles. The summed E-state index contributed by atoms with van der Waals surface area (Å²) < 4.78 is 8.45. The number of benzene rings is 3. The molecule has 3 aromatic heterocycles. The van der Waals surface area contributed by atoms with Crippen LogP contribution < -0.4 is 5.73 Å². The van der Waals surface area contributed by atoms with E-state index in [0.717, 1.165) is 28.6 Å². The summed E-state index contributed by atoms with van der Waals surface area (Å²) in [5.74, 6) is -1.20. The van der Waals surface area contributed by atoms with E-state index in [1.54, 1.807) is 54.6 Å². The number of carboxylic acids is 1. The first-order valence-electron chi connectivity index (χ1n) is 13.7. The number of ketones is 1. The highest BCUT2D eigenvalue weighted by Crippen LogP contribution is 2.34. The predicted molar refractivity (Wildman–Crippen MR) is 195 cm³/mol. The fraction of sp³-hybridized carbons (Fsp3) is 0.0294. The van der Waals surface area contributed by atoms with Crippen molar-refractivity contribution in [3.05, 3.63) is 138 Å². The molecular formula is C34H20Cl4N6O3S2. The van der Waals surface area contributed by atoms with Crippen LogP contribution in [-0.4, -0.2) is 30.6 Å². The van der Waals surface area contributed by atoms with Crippen molar-refractivity contribution in [1.29, 1.82) is 10.5 Å². The summed E-state index contributed by atoms with van der Waals surface area (Å²) in [6, 6.07) is 28.2. The van der Waals surface area contributed by atoms with Crippen molar-refractivity contribution in [1.82, 2.24) is 13.7 Å². The summed E-state index contributed by atoms with van der Waals surface area (Å²) in [6.07, 6.45) is 1.55. The lowest BCUT2D eigenvalue weighted by Crippen LogP contribution is -2.05. The van der Waals surface area contributed by atoms with Crippen LogP contribution in [0.25, 0.3) is 22.5 Å². The summed E-state index contributed by atoms with van der Waals surface area (Å²) >= 11 is 25.9. The lowest BCUT2D eigenvalue weighted by atomic mass is 10.0. The number of Topliss-reactive ketones (excluding diaryl/α,β-unsaturated/α-hetero) is 1. The standard InChI is InChI=1S/C17H9Cl2N3OS.C10H6ClN3S.C7H5ClO2/c18-13-6-2-1-4-10(13)16-12(9-20)15(24-22-16)8-14(23)11-5-3-7-21-17(11)19;11-8-4-2-1-3-6(8)9-7(5-12)10(13)15-14-9;8-6-4-2-1-3-5(6)7(9)10/h1-7H,8H2;1-4H,13H2;1-4H,(H,9,10). The molecule has 3 aromatic carbocycles. The van der Waals surface area contributed by atoms with E-state index in [-0.39, 0.29) is 27.9 Å². The van der Waals surface area contributed by atoms with Gasteiger partial charge in [-0.05, 0) is 59.5 Å². The van der Waals surface area contributed by atoms with Gasteiger partial charge >= 0.3 is 5.97 Å². The normalized spacial score (nSPS) is 10.0. The molecule has 0 saturated carbocycles. The zero-order valence-electron chi connectivity index (χ0n) is 24.8. The van der Waals surface area contributed by atoms with E-state index in [1.165, 1.54) is 12.3 Å². The molecular weight excluding hydrogens is 746 g/mol. The van der Waals surface area contributed by atoms with E-state index in [9.17, 15) is 14.9 Å². The van der Waals surface area contributed by atoms with Crippen LogP contribution in [0.3, 0.4) is 0 Å². The Morgan fingerprint density at radius 2 is 1.22 bits per heavy atom. The van der Waals surface area contributed by atoms with Crippen molar-refractivity contribution < 1.29 is 14.7 Å². The molecule has 0 fully saturated rings. The first kappa shape index (κ1) is 37.0. The number of aromatic nitrogens is 3. The van der Waals surface area contributed by atoms with E-state index in [4.69, 9.17) is 62.5 Å². The zero-order chi connectivity index (χ0) is 35.5. The minimum atomic E-state index is -0.995. The molecule has 0 unspecified atom stereocenters. The number of aromatic carboxylic acids is 1. The van der Waals surface area contributed by atoms with Crippen LogP contribution in [0.1, 0.15) is 36.7 Å². The Kier molecular flexibility index (Phi) is 13.2. The summed E-state index contributed by atoms with van der Waals surface area (Å²) in [5.41, 5.74) is 9.33. The molecule has 0 aliphatic heterocycles. The number of carboxylic acid groups (broad SMARTS) is 1. The van der Waals surface area contributed by atoms with Crippen molar-refractivity contribution in [3.8, 4) is 34.7 Å². The van der Waals surface area contributed by atoms with E-state index in [2.05, 4.69) is 19.8 Å². The van der Waals surface area contributed by atoms with Gasteiger partial charge in [0, 0.05) is 23.7 Å². The molecule has 244 valence electrons. The topological polar surface area (TPSA) is 167 Å². The lowest BCUT2D eigenvalue weighted by molar-refractivity contribution is 0.0696. The quantitative estimate of drug-likeness (QED) is 0.124. The third kappa shape index (κ3) is 9.19. The van der Waals surface area contributed by atoms with Crippen molar-refractivity contribution >= 4 is 86.2 Å².